The summed E-state index contributed by atoms with van der Waals surface area (Å²) in [5.74, 6) is -0.725. The molecule has 0 unspecified atom stereocenters. The fourth-order valence-electron chi connectivity index (χ4n) is 1.88. The second-order valence-electron chi connectivity index (χ2n) is 4.83. The number of nitrogens with zero attached hydrogens (tertiary/aromatic N) is 3. The summed E-state index contributed by atoms with van der Waals surface area (Å²) in [6.45, 7) is 0. The first-order chi connectivity index (χ1) is 10.4. The molecule has 0 spiro atoms. The first-order valence-corrected chi connectivity index (χ1v) is 6.41. The molecule has 114 valence electrons. The maximum atomic E-state index is 13.1. The van der Waals surface area contributed by atoms with Crippen molar-refractivity contribution in [3.05, 3.63) is 69.2 Å². The van der Waals surface area contributed by atoms with Gasteiger partial charge in [0.15, 0.2) is 6.21 Å². The third-order valence-corrected chi connectivity index (χ3v) is 3.07. The van der Waals surface area contributed by atoms with Crippen molar-refractivity contribution >= 4 is 23.3 Å². The molecule has 0 bridgehead atoms. The fraction of sp³-hybridized carbons (Fsp3) is 0.133. The summed E-state index contributed by atoms with van der Waals surface area (Å²) in [5.41, 5.74) is 0.831. The van der Waals surface area contributed by atoms with E-state index in [1.807, 2.05) is 19.0 Å². The Morgan fingerprint density at radius 2 is 1.73 bits per heavy atom. The maximum absolute atomic E-state index is 13.1. The lowest BCUT2D eigenvalue weighted by molar-refractivity contribution is -0.386. The molecule has 2 aromatic carbocycles. The number of rotatable bonds is 4. The van der Waals surface area contributed by atoms with Crippen LogP contribution < -0.4 is 4.90 Å². The summed E-state index contributed by atoms with van der Waals surface area (Å²) < 4.78 is 13.6. The van der Waals surface area contributed by atoms with E-state index in [4.69, 9.17) is 0 Å². The van der Waals surface area contributed by atoms with E-state index in [0.29, 0.717) is 10.4 Å². The standard InChI is InChI=1S/C15H14FN3O3/c1-17(2)13-5-7-14(8-6-13)18(20)10-11-3-4-12(16)9-15(11)19(21)22/h3-10H,1-2H3/b18-10-. The highest BCUT2D eigenvalue weighted by Crippen LogP contribution is 2.21. The van der Waals surface area contributed by atoms with Crippen molar-refractivity contribution < 1.29 is 14.1 Å². The van der Waals surface area contributed by atoms with Crippen molar-refractivity contribution in [1.29, 1.82) is 0 Å². The Morgan fingerprint density at radius 3 is 2.27 bits per heavy atom. The Kier molecular flexibility index (Phi) is 4.36. The molecular weight excluding hydrogens is 289 g/mol. The molecule has 0 atom stereocenters. The lowest BCUT2D eigenvalue weighted by Crippen LogP contribution is -2.08. The number of nitro benzene ring substituents is 1. The quantitative estimate of drug-likeness (QED) is 0.286. The minimum atomic E-state index is -0.725. The summed E-state index contributed by atoms with van der Waals surface area (Å²) >= 11 is 0. The third kappa shape index (κ3) is 3.38. The molecule has 2 aromatic rings. The Hall–Kier alpha value is -2.96. The zero-order chi connectivity index (χ0) is 16.3. The van der Waals surface area contributed by atoms with Crippen molar-refractivity contribution in [2.24, 2.45) is 0 Å². The van der Waals surface area contributed by atoms with Gasteiger partial charge in [-0.05, 0) is 24.3 Å². The molecule has 0 saturated heterocycles. The summed E-state index contributed by atoms with van der Waals surface area (Å²) in [7, 11) is 3.75. The molecule has 0 aromatic heterocycles. The minimum absolute atomic E-state index is 0.0399. The van der Waals surface area contributed by atoms with Gasteiger partial charge >= 0.3 is 0 Å². The van der Waals surface area contributed by atoms with Gasteiger partial charge < -0.3 is 10.1 Å². The van der Waals surface area contributed by atoms with Gasteiger partial charge in [-0.15, -0.1) is 0 Å². The van der Waals surface area contributed by atoms with Crippen LogP contribution in [0.25, 0.3) is 0 Å². The smallest absolute Gasteiger partial charge is 0.285 e. The monoisotopic (exact) mass is 303 g/mol. The average molecular weight is 303 g/mol. The van der Waals surface area contributed by atoms with Gasteiger partial charge in [0.05, 0.1) is 11.0 Å². The van der Waals surface area contributed by atoms with Gasteiger partial charge in [0, 0.05) is 31.9 Å². The van der Waals surface area contributed by atoms with Crippen molar-refractivity contribution in [1.82, 2.24) is 0 Å². The van der Waals surface area contributed by atoms with E-state index in [1.165, 1.54) is 6.07 Å². The van der Waals surface area contributed by atoms with Crippen molar-refractivity contribution in [3.8, 4) is 0 Å². The first kappa shape index (κ1) is 15.4. The number of benzene rings is 2. The lowest BCUT2D eigenvalue weighted by Gasteiger charge is -2.12. The summed E-state index contributed by atoms with van der Waals surface area (Å²) in [4.78, 5) is 12.1. The van der Waals surface area contributed by atoms with E-state index in [0.717, 1.165) is 24.0 Å². The van der Waals surface area contributed by atoms with Crippen LogP contribution in [-0.4, -0.2) is 30.0 Å². The van der Waals surface area contributed by atoms with Crippen LogP contribution in [0.3, 0.4) is 0 Å². The van der Waals surface area contributed by atoms with Crippen LogP contribution in [0.15, 0.2) is 42.5 Å². The van der Waals surface area contributed by atoms with Gasteiger partial charge in [-0.3, -0.25) is 10.1 Å². The number of nitro groups is 1. The highest BCUT2D eigenvalue weighted by Gasteiger charge is 2.16. The minimum Gasteiger partial charge on any atom is -0.618 e. The Morgan fingerprint density at radius 1 is 1.09 bits per heavy atom. The highest BCUT2D eigenvalue weighted by atomic mass is 19.1. The van der Waals surface area contributed by atoms with E-state index >= 15 is 0 Å². The summed E-state index contributed by atoms with van der Waals surface area (Å²) in [6, 6.07) is 9.78. The normalized spacial score (nSPS) is 11.3. The van der Waals surface area contributed by atoms with E-state index in [-0.39, 0.29) is 5.56 Å². The Bertz CT molecular complexity index is 727. The predicted molar refractivity (Wildman–Crippen MR) is 82.3 cm³/mol. The van der Waals surface area contributed by atoms with Gasteiger partial charge in [0.25, 0.3) is 5.69 Å². The molecule has 0 N–H and O–H groups in total. The molecule has 0 aliphatic heterocycles. The van der Waals surface area contributed by atoms with Crippen LogP contribution in [0, 0.1) is 21.1 Å². The summed E-state index contributed by atoms with van der Waals surface area (Å²) in [6.07, 6.45) is 1.06. The number of hydrogen-bond acceptors (Lipinski definition) is 4. The van der Waals surface area contributed by atoms with Crippen LogP contribution in [-0.2, 0) is 0 Å². The molecule has 0 aliphatic carbocycles. The molecule has 6 nitrogen and oxygen atoms in total. The molecule has 7 heteroatoms. The molecule has 0 aliphatic rings. The van der Waals surface area contributed by atoms with Gasteiger partial charge in [-0.2, -0.15) is 4.74 Å². The molecule has 0 saturated carbocycles. The number of anilines is 1. The first-order valence-electron chi connectivity index (χ1n) is 6.41. The van der Waals surface area contributed by atoms with Gasteiger partial charge in [-0.1, -0.05) is 0 Å². The second-order valence-corrected chi connectivity index (χ2v) is 4.83. The Balaban J connectivity index is 2.38. The Labute approximate surface area is 126 Å². The maximum Gasteiger partial charge on any atom is 0.285 e. The molecule has 0 amide bonds. The van der Waals surface area contributed by atoms with Crippen LogP contribution in [0.5, 0.6) is 0 Å². The SMILES string of the molecule is CN(C)c1ccc(/[N+]([O-])=C/c2ccc(F)cc2[N+](=O)[O-])cc1. The topological polar surface area (TPSA) is 72.5 Å². The van der Waals surface area contributed by atoms with Crippen molar-refractivity contribution in [2.75, 3.05) is 19.0 Å². The van der Waals surface area contributed by atoms with Gasteiger partial charge in [-0.25, -0.2) is 4.39 Å². The number of halogens is 1. The van der Waals surface area contributed by atoms with E-state index < -0.39 is 16.4 Å². The molecule has 22 heavy (non-hydrogen) atoms. The van der Waals surface area contributed by atoms with Crippen LogP contribution in [0.1, 0.15) is 5.56 Å². The largest absolute Gasteiger partial charge is 0.618 e. The van der Waals surface area contributed by atoms with Gasteiger partial charge in [0.1, 0.15) is 11.4 Å². The molecule has 0 heterocycles. The third-order valence-electron chi connectivity index (χ3n) is 3.07. The highest BCUT2D eigenvalue weighted by molar-refractivity contribution is 5.82. The predicted octanol–water partition coefficient (Wildman–Crippen LogP) is 3.06. The van der Waals surface area contributed by atoms with Crippen molar-refractivity contribution in [2.45, 2.75) is 0 Å². The van der Waals surface area contributed by atoms with Crippen molar-refractivity contribution in [3.63, 3.8) is 0 Å². The van der Waals surface area contributed by atoms with Gasteiger partial charge in [0.2, 0.25) is 5.69 Å². The number of hydrogen-bond donors (Lipinski definition) is 0. The van der Waals surface area contributed by atoms with Crippen LogP contribution in [0.2, 0.25) is 0 Å². The zero-order valence-corrected chi connectivity index (χ0v) is 12.1. The molecule has 2 rings (SSSR count). The van der Waals surface area contributed by atoms with E-state index in [2.05, 4.69) is 0 Å². The lowest BCUT2D eigenvalue weighted by atomic mass is 10.2. The van der Waals surface area contributed by atoms with Crippen LogP contribution >= 0.6 is 0 Å². The molecule has 0 radical (unpaired) electrons. The average Bonchev–Trinajstić information content (AvgIpc) is 2.48. The second kappa shape index (κ2) is 6.21. The van der Waals surface area contributed by atoms with Crippen LogP contribution in [0.4, 0.5) is 21.5 Å². The van der Waals surface area contributed by atoms with E-state index in [1.54, 1.807) is 24.3 Å². The van der Waals surface area contributed by atoms with E-state index in [9.17, 15) is 19.7 Å². The zero-order valence-electron chi connectivity index (χ0n) is 12.1. The molecule has 0 fully saturated rings. The fourth-order valence-corrected chi connectivity index (χ4v) is 1.88. The summed E-state index contributed by atoms with van der Waals surface area (Å²) in [5, 5.41) is 23.0. The molecular formula is C15H14FN3O3.